The van der Waals surface area contributed by atoms with Crippen molar-refractivity contribution in [2.24, 2.45) is 0 Å². The predicted molar refractivity (Wildman–Crippen MR) is 151 cm³/mol. The first kappa shape index (κ1) is 27.7. The summed E-state index contributed by atoms with van der Waals surface area (Å²) in [6, 6.07) is 25.9. The number of hydrogen-bond acceptors (Lipinski definition) is 6. The monoisotopic (exact) mass is 608 g/mol. The van der Waals surface area contributed by atoms with Gasteiger partial charge in [-0.25, -0.2) is 0 Å². The third-order valence-electron chi connectivity index (χ3n) is 6.90. The summed E-state index contributed by atoms with van der Waals surface area (Å²) < 4.78 is 17.1. The number of hydrogen-bond donors (Lipinski definition) is 0. The molecule has 5 rings (SSSR count). The molecule has 0 aliphatic carbocycles. The third kappa shape index (κ3) is 5.19. The fourth-order valence-electron chi connectivity index (χ4n) is 5.35. The molecular formula is C31H32N2O6Se. The molecule has 2 aliphatic heterocycles. The normalized spacial score (nSPS) is 21.4. The molecule has 0 spiro atoms. The number of nitrogens with zero attached hydrogens (tertiary/aromatic N) is 2. The second kappa shape index (κ2) is 11.0. The molecule has 0 saturated carbocycles. The van der Waals surface area contributed by atoms with E-state index in [2.05, 4.69) is 0 Å². The van der Waals surface area contributed by atoms with Crippen LogP contribution >= 0.6 is 0 Å². The zero-order chi connectivity index (χ0) is 28.5. The molecule has 3 aromatic carbocycles. The van der Waals surface area contributed by atoms with Gasteiger partial charge in [0.15, 0.2) is 0 Å². The summed E-state index contributed by atoms with van der Waals surface area (Å²) in [5.74, 6) is -0.559. The molecule has 3 aromatic rings. The van der Waals surface area contributed by atoms with E-state index in [9.17, 15) is 14.4 Å². The summed E-state index contributed by atoms with van der Waals surface area (Å²) in [5.41, 5.74) is 1.58. The first-order valence-electron chi connectivity index (χ1n) is 13.1. The number of ether oxygens (including phenoxy) is 3. The van der Waals surface area contributed by atoms with E-state index in [-0.39, 0.29) is 28.0 Å². The minimum atomic E-state index is -0.956. The summed E-state index contributed by atoms with van der Waals surface area (Å²) in [7, 11) is 1.30. The quantitative estimate of drug-likeness (QED) is 0.240. The van der Waals surface area contributed by atoms with Crippen LogP contribution in [0.15, 0.2) is 84.9 Å². The maximum atomic E-state index is 13.9. The first-order chi connectivity index (χ1) is 19.1. The Morgan fingerprint density at radius 1 is 0.900 bits per heavy atom. The van der Waals surface area contributed by atoms with Gasteiger partial charge in [0.2, 0.25) is 0 Å². The Morgan fingerprint density at radius 3 is 2.17 bits per heavy atom. The van der Waals surface area contributed by atoms with E-state index in [4.69, 9.17) is 14.2 Å². The Bertz CT molecular complexity index is 1390. The molecule has 40 heavy (non-hydrogen) atoms. The zero-order valence-corrected chi connectivity index (χ0v) is 24.6. The molecule has 0 unspecified atom stereocenters. The van der Waals surface area contributed by atoms with Crippen molar-refractivity contribution in [3.8, 4) is 0 Å². The molecule has 1 saturated heterocycles. The standard InChI is InChI=1S/C31H32N2O6Se/c1-30(2,3)39-29(36)32-24-18-12-11-17-23(24)31(40-22-15-9-6-10-16-22)19-25(26(34)37-4)33(27(31)32)28(35)38-20-21-13-7-5-8-14-21/h5-18,25,27H,19-20H2,1-4H3/t25-,27+,31-/m0/s1. The van der Waals surface area contributed by atoms with Crippen LogP contribution in [-0.2, 0) is 29.9 Å². The van der Waals surface area contributed by atoms with Gasteiger partial charge in [-0.05, 0) is 0 Å². The van der Waals surface area contributed by atoms with Crippen molar-refractivity contribution in [3.63, 3.8) is 0 Å². The number of carbonyl (C=O) groups is 3. The summed E-state index contributed by atoms with van der Waals surface area (Å²) in [5, 5.41) is 0. The van der Waals surface area contributed by atoms with Crippen LogP contribution in [0, 0.1) is 0 Å². The minimum absolute atomic E-state index is 0.0208. The van der Waals surface area contributed by atoms with Crippen LogP contribution in [0.2, 0.25) is 0 Å². The van der Waals surface area contributed by atoms with Crippen LogP contribution in [-0.4, -0.2) is 62.9 Å². The number of amides is 2. The molecule has 8 nitrogen and oxygen atoms in total. The average molecular weight is 608 g/mol. The fourth-order valence-corrected chi connectivity index (χ4v) is 8.63. The molecule has 208 valence electrons. The van der Waals surface area contributed by atoms with E-state index < -0.39 is 40.3 Å². The van der Waals surface area contributed by atoms with Gasteiger partial charge in [0.05, 0.1) is 0 Å². The number of para-hydroxylation sites is 1. The Balaban J connectivity index is 1.64. The van der Waals surface area contributed by atoms with Crippen LogP contribution in [0.25, 0.3) is 0 Å². The third-order valence-corrected chi connectivity index (χ3v) is 9.98. The van der Waals surface area contributed by atoms with Gasteiger partial charge in [0.1, 0.15) is 0 Å². The Morgan fingerprint density at radius 2 is 1.52 bits per heavy atom. The van der Waals surface area contributed by atoms with Crippen molar-refractivity contribution < 1.29 is 28.6 Å². The average Bonchev–Trinajstić information content (AvgIpc) is 3.40. The molecular weight excluding hydrogens is 575 g/mol. The molecule has 0 radical (unpaired) electrons. The second-order valence-electron chi connectivity index (χ2n) is 10.7. The Kier molecular flexibility index (Phi) is 7.62. The van der Waals surface area contributed by atoms with Crippen molar-refractivity contribution in [3.05, 3.63) is 96.1 Å². The molecule has 9 heteroatoms. The molecule has 2 heterocycles. The van der Waals surface area contributed by atoms with Gasteiger partial charge in [-0.2, -0.15) is 0 Å². The number of benzene rings is 3. The van der Waals surface area contributed by atoms with E-state index in [0.29, 0.717) is 5.69 Å². The predicted octanol–water partition coefficient (Wildman–Crippen LogP) is 4.58. The van der Waals surface area contributed by atoms with E-state index >= 15 is 0 Å². The van der Waals surface area contributed by atoms with Gasteiger partial charge in [0.25, 0.3) is 0 Å². The summed E-state index contributed by atoms with van der Waals surface area (Å²) in [6.07, 6.45) is -1.87. The molecule has 0 N–H and O–H groups in total. The van der Waals surface area contributed by atoms with Crippen molar-refractivity contribution >= 4 is 43.3 Å². The van der Waals surface area contributed by atoms with Crippen molar-refractivity contribution in [2.45, 2.75) is 55.9 Å². The number of methoxy groups -OCH3 is 1. The van der Waals surface area contributed by atoms with Crippen molar-refractivity contribution in [1.82, 2.24) is 4.90 Å². The number of anilines is 1. The summed E-state index contributed by atoms with van der Waals surface area (Å²) >= 11 is -0.299. The number of esters is 1. The molecule has 2 aliphatic rings. The molecule has 0 aromatic heterocycles. The van der Waals surface area contributed by atoms with Gasteiger partial charge in [-0.15, -0.1) is 0 Å². The summed E-state index contributed by atoms with van der Waals surface area (Å²) in [4.78, 5) is 44.0. The number of likely N-dealkylation sites (tertiary alicyclic amines) is 1. The zero-order valence-electron chi connectivity index (χ0n) is 22.9. The second-order valence-corrected chi connectivity index (χ2v) is 13.7. The Hall–Kier alpha value is -3.81. The number of rotatable bonds is 5. The van der Waals surface area contributed by atoms with Crippen LogP contribution in [0.5, 0.6) is 0 Å². The van der Waals surface area contributed by atoms with Gasteiger partial charge < -0.3 is 0 Å². The topological polar surface area (TPSA) is 85.4 Å². The van der Waals surface area contributed by atoms with E-state index in [0.717, 1.165) is 15.6 Å². The molecule has 2 amide bonds. The number of carbonyl (C=O) groups excluding carboxylic acids is 3. The van der Waals surface area contributed by atoms with Crippen LogP contribution in [0.1, 0.15) is 38.3 Å². The van der Waals surface area contributed by atoms with Crippen LogP contribution < -0.4 is 9.36 Å². The van der Waals surface area contributed by atoms with Crippen LogP contribution in [0.3, 0.4) is 0 Å². The van der Waals surface area contributed by atoms with E-state index in [1.807, 2.05) is 84.9 Å². The first-order valence-corrected chi connectivity index (χ1v) is 14.8. The maximum absolute atomic E-state index is 13.9. The van der Waals surface area contributed by atoms with Gasteiger partial charge in [0, 0.05) is 0 Å². The van der Waals surface area contributed by atoms with E-state index in [1.54, 1.807) is 20.8 Å². The summed E-state index contributed by atoms with van der Waals surface area (Å²) in [6.45, 7) is 5.41. The molecule has 0 bridgehead atoms. The van der Waals surface area contributed by atoms with Crippen molar-refractivity contribution in [1.29, 1.82) is 0 Å². The molecule has 1 fully saturated rings. The van der Waals surface area contributed by atoms with Gasteiger partial charge in [-0.3, -0.25) is 0 Å². The molecule has 3 atom stereocenters. The number of fused-ring (bicyclic) bond motifs is 3. The van der Waals surface area contributed by atoms with Gasteiger partial charge >= 0.3 is 241 Å². The van der Waals surface area contributed by atoms with Crippen LogP contribution in [0.4, 0.5) is 15.3 Å². The SMILES string of the molecule is COC(=O)[C@@H]1C[C@]2([Se]c3ccccc3)c3ccccc3N(C(=O)OC(C)(C)C)[C@@H]2N1C(=O)OCc1ccccc1. The van der Waals surface area contributed by atoms with Gasteiger partial charge in [-0.1, -0.05) is 0 Å². The fraction of sp³-hybridized carbons (Fsp3) is 0.323. The van der Waals surface area contributed by atoms with Crippen molar-refractivity contribution in [2.75, 3.05) is 12.0 Å². The van der Waals surface area contributed by atoms with E-state index in [1.165, 1.54) is 16.9 Å². The Labute approximate surface area is 240 Å².